The smallest absolute Gasteiger partial charge is 0.205 e. The minimum absolute atomic E-state index is 0.0298. The van der Waals surface area contributed by atoms with Crippen LogP contribution in [0.4, 0.5) is 5.13 Å². The average Bonchev–Trinajstić information content (AvgIpc) is 2.76. The quantitative estimate of drug-likeness (QED) is 0.886. The van der Waals surface area contributed by atoms with Gasteiger partial charge < -0.3 is 15.0 Å². The van der Waals surface area contributed by atoms with Gasteiger partial charge in [0, 0.05) is 43.8 Å². The summed E-state index contributed by atoms with van der Waals surface area (Å²) in [6, 6.07) is 0.983. The predicted molar refractivity (Wildman–Crippen MR) is 69.6 cm³/mol. The highest BCUT2D eigenvalue weighted by Gasteiger charge is 2.24. The molecule has 17 heavy (non-hydrogen) atoms. The van der Waals surface area contributed by atoms with Crippen LogP contribution in [0.1, 0.15) is 32.7 Å². The molecule has 6 heteroatoms. The number of rotatable bonds is 3. The van der Waals surface area contributed by atoms with Crippen molar-refractivity contribution in [3.63, 3.8) is 0 Å². The average molecular weight is 256 g/mol. The molecule has 5 nitrogen and oxygen atoms in total. The Labute approximate surface area is 106 Å². The van der Waals surface area contributed by atoms with Crippen molar-refractivity contribution in [1.82, 2.24) is 14.7 Å². The van der Waals surface area contributed by atoms with Crippen LogP contribution in [0, 0.1) is 0 Å². The van der Waals surface area contributed by atoms with Crippen LogP contribution < -0.4 is 10.2 Å². The van der Waals surface area contributed by atoms with E-state index >= 15 is 0 Å². The standard InChI is InChI=1S/C11H20N4OS/c1-7-5-15(6-8(2)12-7)11-13-10(14-17-11)9(3)16-4/h7-9,12H,5-6H2,1-4H3. The Morgan fingerprint density at radius 1 is 1.41 bits per heavy atom. The minimum atomic E-state index is -0.0298. The second-order valence-corrected chi connectivity index (χ2v) is 5.42. The molecule has 1 saturated heterocycles. The van der Waals surface area contributed by atoms with Gasteiger partial charge in [-0.05, 0) is 20.8 Å². The fourth-order valence-electron chi connectivity index (χ4n) is 2.11. The first-order valence-corrected chi connectivity index (χ1v) is 6.75. The zero-order chi connectivity index (χ0) is 12.4. The molecule has 0 saturated carbocycles. The molecular weight excluding hydrogens is 236 g/mol. The fourth-order valence-corrected chi connectivity index (χ4v) is 2.87. The van der Waals surface area contributed by atoms with Crippen molar-refractivity contribution in [2.75, 3.05) is 25.1 Å². The number of nitrogens with zero attached hydrogens (tertiary/aromatic N) is 3. The first-order chi connectivity index (χ1) is 8.10. The van der Waals surface area contributed by atoms with E-state index in [1.165, 1.54) is 11.5 Å². The second-order valence-electron chi connectivity index (χ2n) is 4.69. The van der Waals surface area contributed by atoms with Crippen LogP contribution in [0.15, 0.2) is 0 Å². The molecule has 0 spiro atoms. The van der Waals surface area contributed by atoms with Crippen LogP contribution in [-0.2, 0) is 4.74 Å². The largest absolute Gasteiger partial charge is 0.374 e. The topological polar surface area (TPSA) is 50.3 Å². The first-order valence-electron chi connectivity index (χ1n) is 5.97. The molecule has 1 aromatic rings. The molecule has 0 aromatic carbocycles. The summed E-state index contributed by atoms with van der Waals surface area (Å²) < 4.78 is 9.59. The third-order valence-electron chi connectivity index (χ3n) is 2.98. The molecule has 3 atom stereocenters. The number of piperazine rings is 1. The summed E-state index contributed by atoms with van der Waals surface area (Å²) in [5, 5.41) is 4.51. The van der Waals surface area contributed by atoms with Crippen molar-refractivity contribution in [2.45, 2.75) is 39.0 Å². The number of aromatic nitrogens is 2. The normalized spacial score (nSPS) is 27.2. The molecule has 1 aliphatic rings. The number of nitrogens with one attached hydrogen (secondary N) is 1. The summed E-state index contributed by atoms with van der Waals surface area (Å²) in [5.41, 5.74) is 0. The highest BCUT2D eigenvalue weighted by molar-refractivity contribution is 7.09. The van der Waals surface area contributed by atoms with Gasteiger partial charge in [-0.25, -0.2) is 4.98 Å². The Kier molecular flexibility index (Phi) is 3.96. The lowest BCUT2D eigenvalue weighted by atomic mass is 10.2. The summed E-state index contributed by atoms with van der Waals surface area (Å²) in [4.78, 5) is 6.86. The second kappa shape index (κ2) is 5.29. The molecule has 0 radical (unpaired) electrons. The summed E-state index contributed by atoms with van der Waals surface area (Å²) in [6.07, 6.45) is -0.0298. The molecule has 1 N–H and O–H groups in total. The molecule has 0 bridgehead atoms. The fraction of sp³-hybridized carbons (Fsp3) is 0.818. The summed E-state index contributed by atoms with van der Waals surface area (Å²) in [5.74, 6) is 0.784. The molecule has 0 amide bonds. The van der Waals surface area contributed by atoms with Gasteiger partial charge >= 0.3 is 0 Å². The van der Waals surface area contributed by atoms with Gasteiger partial charge in [-0.15, -0.1) is 0 Å². The summed E-state index contributed by atoms with van der Waals surface area (Å²) in [7, 11) is 1.68. The van der Waals surface area contributed by atoms with E-state index in [1.807, 2.05) is 6.92 Å². The minimum Gasteiger partial charge on any atom is -0.374 e. The van der Waals surface area contributed by atoms with Crippen molar-refractivity contribution in [1.29, 1.82) is 0 Å². The Morgan fingerprint density at radius 2 is 2.06 bits per heavy atom. The van der Waals surface area contributed by atoms with Gasteiger partial charge in [0.05, 0.1) is 0 Å². The van der Waals surface area contributed by atoms with Gasteiger partial charge in [0.1, 0.15) is 6.10 Å². The van der Waals surface area contributed by atoms with Gasteiger partial charge in [0.25, 0.3) is 0 Å². The molecule has 1 fully saturated rings. The van der Waals surface area contributed by atoms with Crippen LogP contribution in [0.2, 0.25) is 0 Å². The zero-order valence-corrected chi connectivity index (χ0v) is 11.6. The molecular formula is C11H20N4OS. The lowest BCUT2D eigenvalue weighted by Gasteiger charge is -2.35. The highest BCUT2D eigenvalue weighted by Crippen LogP contribution is 2.23. The third-order valence-corrected chi connectivity index (χ3v) is 3.77. The maximum atomic E-state index is 5.23. The lowest BCUT2D eigenvalue weighted by Crippen LogP contribution is -2.54. The Balaban J connectivity index is 2.09. The monoisotopic (exact) mass is 256 g/mol. The van der Waals surface area contributed by atoms with Crippen LogP contribution in [0.3, 0.4) is 0 Å². The van der Waals surface area contributed by atoms with Crippen molar-refractivity contribution < 1.29 is 4.74 Å². The van der Waals surface area contributed by atoms with Gasteiger partial charge in [-0.2, -0.15) is 4.37 Å². The van der Waals surface area contributed by atoms with Gasteiger partial charge in [-0.1, -0.05) is 0 Å². The van der Waals surface area contributed by atoms with Gasteiger partial charge in [0.2, 0.25) is 5.13 Å². The van der Waals surface area contributed by atoms with E-state index in [9.17, 15) is 0 Å². The van der Waals surface area contributed by atoms with Gasteiger partial charge in [0.15, 0.2) is 5.82 Å². The molecule has 2 heterocycles. The maximum absolute atomic E-state index is 5.23. The zero-order valence-electron chi connectivity index (χ0n) is 10.8. The van der Waals surface area contributed by atoms with E-state index < -0.39 is 0 Å². The van der Waals surface area contributed by atoms with Gasteiger partial charge in [-0.3, -0.25) is 0 Å². The van der Waals surface area contributed by atoms with Crippen LogP contribution in [0.5, 0.6) is 0 Å². The van der Waals surface area contributed by atoms with Crippen LogP contribution in [-0.4, -0.2) is 41.6 Å². The van der Waals surface area contributed by atoms with E-state index in [1.54, 1.807) is 7.11 Å². The van der Waals surface area contributed by atoms with Crippen molar-refractivity contribution >= 4 is 16.7 Å². The Morgan fingerprint density at radius 3 is 2.65 bits per heavy atom. The highest BCUT2D eigenvalue weighted by atomic mass is 32.1. The van der Waals surface area contributed by atoms with Crippen LogP contribution in [0.25, 0.3) is 0 Å². The third kappa shape index (κ3) is 2.94. The number of hydrogen-bond acceptors (Lipinski definition) is 6. The molecule has 2 rings (SSSR count). The van der Waals surface area contributed by atoms with E-state index in [-0.39, 0.29) is 6.10 Å². The van der Waals surface area contributed by atoms with Crippen molar-refractivity contribution in [2.24, 2.45) is 0 Å². The van der Waals surface area contributed by atoms with Crippen LogP contribution >= 0.6 is 11.5 Å². The predicted octanol–water partition coefficient (Wildman–Crippen LogP) is 1.43. The summed E-state index contributed by atoms with van der Waals surface area (Å²) in [6.45, 7) is 8.33. The Bertz CT molecular complexity index is 360. The van der Waals surface area contributed by atoms with E-state index in [2.05, 4.69) is 33.4 Å². The molecule has 96 valence electrons. The van der Waals surface area contributed by atoms with E-state index in [0.29, 0.717) is 12.1 Å². The molecule has 1 aromatic heterocycles. The number of hydrogen-bond donors (Lipinski definition) is 1. The number of anilines is 1. The van der Waals surface area contributed by atoms with Crippen molar-refractivity contribution in [3.8, 4) is 0 Å². The lowest BCUT2D eigenvalue weighted by molar-refractivity contribution is 0.113. The SMILES string of the molecule is COC(C)c1nsc(N2CC(C)NC(C)C2)n1. The molecule has 0 aliphatic carbocycles. The summed E-state index contributed by atoms with van der Waals surface area (Å²) >= 11 is 1.46. The first kappa shape index (κ1) is 12.7. The Hall–Kier alpha value is -0.720. The van der Waals surface area contributed by atoms with E-state index in [0.717, 1.165) is 24.0 Å². The van der Waals surface area contributed by atoms with Crippen molar-refractivity contribution in [3.05, 3.63) is 5.82 Å². The number of methoxy groups -OCH3 is 1. The molecule has 1 aliphatic heterocycles. The van der Waals surface area contributed by atoms with E-state index in [4.69, 9.17) is 4.74 Å². The number of ether oxygens (including phenoxy) is 1. The maximum Gasteiger partial charge on any atom is 0.205 e. The molecule has 3 unspecified atom stereocenters.